The van der Waals surface area contributed by atoms with Crippen LogP contribution in [0.4, 0.5) is 0 Å². The smallest absolute Gasteiger partial charge is 0.202 e. The Morgan fingerprint density at radius 1 is 0.857 bits per heavy atom. The van der Waals surface area contributed by atoms with Crippen LogP contribution in [0.25, 0.3) is 0 Å². The molecule has 0 saturated carbocycles. The Kier molecular flexibility index (Phi) is 32.8. The number of halogens is 2. The summed E-state index contributed by atoms with van der Waals surface area (Å²) in [6, 6.07) is 0. The maximum absolute atomic E-state index is 8.08. The van der Waals surface area contributed by atoms with Crippen molar-refractivity contribution in [1.29, 1.82) is 0 Å². The van der Waals surface area contributed by atoms with E-state index < -0.39 is 12.6 Å². The van der Waals surface area contributed by atoms with E-state index in [1.54, 1.807) is 24.7 Å². The van der Waals surface area contributed by atoms with E-state index in [4.69, 9.17) is 20.4 Å². The molecule has 0 aliphatic heterocycles. The van der Waals surface area contributed by atoms with Crippen LogP contribution in [-0.4, -0.2) is 60.2 Å². The summed E-state index contributed by atoms with van der Waals surface area (Å²) in [5.41, 5.74) is 0. The van der Waals surface area contributed by atoms with E-state index in [9.17, 15) is 0 Å². The van der Waals surface area contributed by atoms with Crippen LogP contribution in [0.15, 0.2) is 0 Å². The van der Waals surface area contributed by atoms with Crippen LogP contribution in [0.2, 0.25) is 0 Å². The number of likely N-dealkylation sites (N-methyl/N-ethyl adjacent to an activating group) is 2. The maximum atomic E-state index is 8.08. The first kappa shape index (κ1) is 24.0. The van der Waals surface area contributed by atoms with E-state index in [-0.39, 0.29) is 29.4 Å². The summed E-state index contributed by atoms with van der Waals surface area (Å²) >= 11 is 0. The van der Waals surface area contributed by atoms with Gasteiger partial charge in [-0.1, -0.05) is 0 Å². The number of aliphatic hydroxyl groups is 4. The monoisotopic (exact) mass is 298 g/mol. The van der Waals surface area contributed by atoms with Gasteiger partial charge in [0.05, 0.1) is 14.1 Å². The second-order valence-electron chi connectivity index (χ2n) is 2.25. The lowest BCUT2D eigenvalue weighted by molar-refractivity contribution is -0.640. The third-order valence-electron chi connectivity index (χ3n) is 0.893. The molecule has 0 atom stereocenters. The highest BCUT2D eigenvalue weighted by Gasteiger charge is 1.92. The maximum Gasteiger partial charge on any atom is 0.202 e. The predicted octanol–water partition coefficient (Wildman–Crippen LogP) is -11.0. The van der Waals surface area contributed by atoms with E-state index in [1.807, 2.05) is 0 Å². The molecule has 6 nitrogen and oxygen atoms in total. The number of quaternary nitrogens is 2. The molecule has 92 valence electrons. The zero-order valence-electron chi connectivity index (χ0n) is 8.27. The summed E-state index contributed by atoms with van der Waals surface area (Å²) < 4.78 is 0. The highest BCUT2D eigenvalue weighted by atomic mass is 79.9. The minimum absolute atomic E-state index is 0. The number of aliphatic hydroxyl groups excluding tert-OH is 2. The normalized spacial score (nSPS) is 8.57. The summed E-state index contributed by atoms with van der Waals surface area (Å²) in [4.78, 5) is 0. The SMILES string of the molecule is C[NH2+]CC(O)O.C[NH2+]CC(O)O.[Br-].[Cl-]. The van der Waals surface area contributed by atoms with Crippen molar-refractivity contribution in [1.82, 2.24) is 0 Å². The third kappa shape index (κ3) is 39.1. The van der Waals surface area contributed by atoms with Crippen molar-refractivity contribution in [2.24, 2.45) is 0 Å². The van der Waals surface area contributed by atoms with Crippen molar-refractivity contribution in [3.8, 4) is 0 Å². The largest absolute Gasteiger partial charge is 1.00 e. The second-order valence-corrected chi connectivity index (χ2v) is 2.25. The van der Waals surface area contributed by atoms with Crippen molar-refractivity contribution >= 4 is 0 Å². The molecule has 0 fully saturated rings. The number of hydrogen-bond acceptors (Lipinski definition) is 4. The molecule has 0 unspecified atom stereocenters. The lowest BCUT2D eigenvalue weighted by Gasteiger charge is -1.94. The van der Waals surface area contributed by atoms with Gasteiger partial charge in [-0.15, -0.1) is 0 Å². The van der Waals surface area contributed by atoms with E-state index >= 15 is 0 Å². The van der Waals surface area contributed by atoms with E-state index in [1.165, 1.54) is 0 Å². The lowest BCUT2D eigenvalue weighted by Crippen LogP contribution is -3.00. The molecular weight excluding hydrogens is 279 g/mol. The highest BCUT2D eigenvalue weighted by Crippen LogP contribution is 1.58. The molecule has 0 aliphatic carbocycles. The van der Waals surface area contributed by atoms with Gasteiger partial charge in [0.15, 0.2) is 0 Å². The van der Waals surface area contributed by atoms with E-state index in [2.05, 4.69) is 0 Å². The molecule has 0 aliphatic rings. The van der Waals surface area contributed by atoms with E-state index in [0.717, 1.165) is 0 Å². The lowest BCUT2D eigenvalue weighted by atomic mass is 10.6. The molecule has 8 N–H and O–H groups in total. The van der Waals surface area contributed by atoms with Gasteiger partial charge in [0.1, 0.15) is 13.1 Å². The quantitative estimate of drug-likeness (QED) is 0.289. The van der Waals surface area contributed by atoms with Crippen molar-refractivity contribution < 1.29 is 60.4 Å². The Morgan fingerprint density at radius 3 is 1.07 bits per heavy atom. The van der Waals surface area contributed by atoms with Crippen molar-refractivity contribution in [3.63, 3.8) is 0 Å². The molecule has 0 heterocycles. The van der Waals surface area contributed by atoms with Gasteiger partial charge in [-0.05, 0) is 0 Å². The van der Waals surface area contributed by atoms with Gasteiger partial charge >= 0.3 is 0 Å². The van der Waals surface area contributed by atoms with Gasteiger partial charge in [0.2, 0.25) is 12.6 Å². The average Bonchev–Trinajstić information content (AvgIpc) is 1.87. The number of hydrogen-bond donors (Lipinski definition) is 6. The van der Waals surface area contributed by atoms with Gasteiger partial charge in [-0.3, -0.25) is 0 Å². The zero-order chi connectivity index (χ0) is 9.98. The van der Waals surface area contributed by atoms with Crippen LogP contribution in [0.3, 0.4) is 0 Å². The van der Waals surface area contributed by atoms with Crippen molar-refractivity contribution in [3.05, 3.63) is 0 Å². The van der Waals surface area contributed by atoms with E-state index in [0.29, 0.717) is 13.1 Å². The fourth-order valence-corrected chi connectivity index (χ4v) is 0.422. The Bertz CT molecular complexity index is 80.2. The Balaban J connectivity index is -0.0000000625. The van der Waals surface area contributed by atoms with Crippen LogP contribution in [0, 0.1) is 0 Å². The first-order valence-corrected chi connectivity index (χ1v) is 3.82. The minimum Gasteiger partial charge on any atom is -1.00 e. The average molecular weight is 300 g/mol. The van der Waals surface area contributed by atoms with Crippen LogP contribution >= 0.6 is 0 Å². The van der Waals surface area contributed by atoms with Crippen LogP contribution < -0.4 is 40.0 Å². The van der Waals surface area contributed by atoms with Crippen LogP contribution in [-0.2, 0) is 0 Å². The van der Waals surface area contributed by atoms with Crippen LogP contribution in [0.5, 0.6) is 0 Å². The van der Waals surface area contributed by atoms with Crippen molar-refractivity contribution in [2.75, 3.05) is 27.2 Å². The fourth-order valence-electron chi connectivity index (χ4n) is 0.422. The van der Waals surface area contributed by atoms with Gasteiger partial charge < -0.3 is 60.4 Å². The zero-order valence-corrected chi connectivity index (χ0v) is 10.6. The molecule has 0 rings (SSSR count). The van der Waals surface area contributed by atoms with Gasteiger partial charge in [0.25, 0.3) is 0 Å². The minimum atomic E-state index is -1.16. The molecule has 0 aromatic carbocycles. The molecule has 0 spiro atoms. The summed E-state index contributed by atoms with van der Waals surface area (Å²) in [5.74, 6) is 0. The Morgan fingerprint density at radius 2 is 1.07 bits per heavy atom. The molecule has 0 aromatic heterocycles. The first-order chi connectivity index (χ1) is 5.54. The predicted molar refractivity (Wildman–Crippen MR) is 41.9 cm³/mol. The van der Waals surface area contributed by atoms with Gasteiger partial charge in [-0.2, -0.15) is 0 Å². The summed E-state index contributed by atoms with van der Waals surface area (Å²) in [5, 5.41) is 35.7. The van der Waals surface area contributed by atoms with Crippen LogP contribution in [0.1, 0.15) is 0 Å². The van der Waals surface area contributed by atoms with Gasteiger partial charge in [0, 0.05) is 0 Å². The van der Waals surface area contributed by atoms with Gasteiger partial charge in [-0.25, -0.2) is 0 Å². The number of rotatable bonds is 4. The molecular formula is C6H20BrClN2O4. The Labute approximate surface area is 101 Å². The van der Waals surface area contributed by atoms with Crippen molar-refractivity contribution in [2.45, 2.75) is 12.6 Å². The molecule has 0 radical (unpaired) electrons. The standard InChI is InChI=1S/2C3H9NO2.BrH.ClH/c2*1-4-2-3(5)6;;/h2*3-6H,2H2,1H3;2*1H. The summed E-state index contributed by atoms with van der Waals surface area (Å²) in [7, 11) is 3.55. The number of nitrogens with two attached hydrogens (primary N) is 2. The highest BCUT2D eigenvalue weighted by molar-refractivity contribution is 4.20. The summed E-state index contributed by atoms with van der Waals surface area (Å²) in [6.45, 7) is 0.722. The fraction of sp³-hybridized carbons (Fsp3) is 1.00. The molecule has 0 bridgehead atoms. The summed E-state index contributed by atoms with van der Waals surface area (Å²) in [6.07, 6.45) is -2.31. The third-order valence-corrected chi connectivity index (χ3v) is 0.893. The Hall–Kier alpha value is 0.530. The molecule has 0 amide bonds. The second kappa shape index (κ2) is 19.2. The molecule has 14 heavy (non-hydrogen) atoms. The topological polar surface area (TPSA) is 114 Å². The molecule has 0 aromatic rings. The molecule has 0 saturated heterocycles. The first-order valence-electron chi connectivity index (χ1n) is 3.82. The molecule has 8 heteroatoms.